The van der Waals surface area contributed by atoms with Crippen LogP contribution in [0.2, 0.25) is 0 Å². The molecule has 3 heterocycles. The van der Waals surface area contributed by atoms with Gasteiger partial charge < -0.3 is 0 Å². The van der Waals surface area contributed by atoms with Crippen LogP contribution in [-0.2, 0) is 0 Å². The molecule has 0 N–H and O–H groups in total. The molecule has 0 fully saturated rings. The molecule has 4 aromatic carbocycles. The second-order valence-corrected chi connectivity index (χ2v) is 13.2. The fraction of sp³-hybridized carbons (Fsp3) is 0. The fourth-order valence-electron chi connectivity index (χ4n) is 4.42. The molecular formula is C24H9Br3S3. The Bertz CT molecular complexity index is 1590. The maximum Gasteiger partial charge on any atom is 0.0463 e. The Labute approximate surface area is 208 Å². The molecule has 0 atom stereocenters. The van der Waals surface area contributed by atoms with Gasteiger partial charge in [0.05, 0.1) is 0 Å². The number of fused-ring (bicyclic) bond motifs is 12. The van der Waals surface area contributed by atoms with Crippen molar-refractivity contribution in [3.05, 3.63) is 68.0 Å². The van der Waals surface area contributed by atoms with Crippen molar-refractivity contribution in [1.82, 2.24) is 0 Å². The average molecular weight is 633 g/mol. The van der Waals surface area contributed by atoms with Crippen molar-refractivity contribution in [2.24, 2.45) is 0 Å². The summed E-state index contributed by atoms with van der Waals surface area (Å²) in [5.41, 5.74) is 0. The quantitative estimate of drug-likeness (QED) is 0.156. The van der Waals surface area contributed by atoms with Gasteiger partial charge in [-0.05, 0) is 36.4 Å². The van der Waals surface area contributed by atoms with E-state index in [1.807, 2.05) is 34.0 Å². The molecule has 6 heteroatoms. The molecule has 0 saturated heterocycles. The van der Waals surface area contributed by atoms with E-state index < -0.39 is 0 Å². The van der Waals surface area contributed by atoms with E-state index in [-0.39, 0.29) is 0 Å². The lowest BCUT2D eigenvalue weighted by atomic mass is 10.0. The molecule has 144 valence electrons. The molecule has 0 aliphatic carbocycles. The summed E-state index contributed by atoms with van der Waals surface area (Å²) in [4.78, 5) is 0. The maximum atomic E-state index is 3.67. The molecule has 0 spiro atoms. The summed E-state index contributed by atoms with van der Waals surface area (Å²) in [6, 6.07) is 20.1. The predicted molar refractivity (Wildman–Crippen MR) is 148 cm³/mol. The average Bonchev–Trinajstić information content (AvgIpc) is 3.36. The molecule has 0 radical (unpaired) electrons. The smallest absolute Gasteiger partial charge is 0.0463 e. The Hall–Kier alpha value is -1.02. The fourth-order valence-corrected chi connectivity index (χ4v) is 10.1. The summed E-state index contributed by atoms with van der Waals surface area (Å²) in [5, 5.41) is 8.28. The van der Waals surface area contributed by atoms with Gasteiger partial charge in [0, 0.05) is 73.9 Å². The standard InChI is InChI=1S/C24H9Br3S3/c25-10-1-4-13-16(7-10)28-22-19(13)23-21(14-5-2-11(26)8-17(14)29-23)24-20(22)15-6-3-12(27)9-18(15)30-24/h1-9H. The van der Waals surface area contributed by atoms with Crippen LogP contribution in [0.15, 0.2) is 68.0 Å². The van der Waals surface area contributed by atoms with Crippen molar-refractivity contribution < 1.29 is 0 Å². The van der Waals surface area contributed by atoms with E-state index in [0.717, 1.165) is 13.4 Å². The molecule has 3 aromatic heterocycles. The lowest BCUT2D eigenvalue weighted by Crippen LogP contribution is -1.73. The number of benzene rings is 4. The Morgan fingerprint density at radius 3 is 1.03 bits per heavy atom. The molecule has 0 saturated carbocycles. The number of thiophene rings is 3. The third kappa shape index (κ3) is 2.46. The van der Waals surface area contributed by atoms with Crippen molar-refractivity contribution in [1.29, 1.82) is 0 Å². The van der Waals surface area contributed by atoms with Crippen LogP contribution in [0.5, 0.6) is 0 Å². The molecule has 30 heavy (non-hydrogen) atoms. The van der Waals surface area contributed by atoms with Crippen LogP contribution in [0.1, 0.15) is 0 Å². The highest BCUT2D eigenvalue weighted by atomic mass is 79.9. The van der Waals surface area contributed by atoms with Gasteiger partial charge in [0.1, 0.15) is 0 Å². The number of hydrogen-bond acceptors (Lipinski definition) is 3. The summed E-state index contributed by atoms with van der Waals surface area (Å²) in [6.07, 6.45) is 0. The zero-order valence-electron chi connectivity index (χ0n) is 15.1. The van der Waals surface area contributed by atoms with Crippen LogP contribution in [0.3, 0.4) is 0 Å². The zero-order valence-corrected chi connectivity index (χ0v) is 22.3. The van der Waals surface area contributed by atoms with Gasteiger partial charge in [-0.15, -0.1) is 34.0 Å². The van der Waals surface area contributed by atoms with E-state index in [1.165, 1.54) is 60.5 Å². The Morgan fingerprint density at radius 2 is 0.733 bits per heavy atom. The minimum atomic E-state index is 1.13. The zero-order chi connectivity index (χ0) is 20.1. The Kier molecular flexibility index (Phi) is 4.02. The molecule has 0 aliphatic heterocycles. The minimum absolute atomic E-state index is 1.13. The van der Waals surface area contributed by atoms with Crippen LogP contribution in [0.4, 0.5) is 0 Å². The summed E-state index contributed by atoms with van der Waals surface area (Å²) in [6.45, 7) is 0. The molecule has 0 nitrogen and oxygen atoms in total. The molecule has 0 bridgehead atoms. The highest BCUT2D eigenvalue weighted by Gasteiger charge is 2.21. The third-order valence-corrected chi connectivity index (χ3v) is 10.6. The van der Waals surface area contributed by atoms with Crippen LogP contribution in [0, 0.1) is 0 Å². The van der Waals surface area contributed by atoms with Gasteiger partial charge in [-0.2, -0.15) is 0 Å². The molecule has 0 amide bonds. The van der Waals surface area contributed by atoms with Gasteiger partial charge in [-0.1, -0.05) is 66.0 Å². The van der Waals surface area contributed by atoms with Gasteiger partial charge in [0.25, 0.3) is 0 Å². The van der Waals surface area contributed by atoms with Gasteiger partial charge in [0.15, 0.2) is 0 Å². The van der Waals surface area contributed by atoms with Gasteiger partial charge >= 0.3 is 0 Å². The molecule has 7 aromatic rings. The van der Waals surface area contributed by atoms with E-state index >= 15 is 0 Å². The van der Waals surface area contributed by atoms with Crippen molar-refractivity contribution in [2.75, 3.05) is 0 Å². The Morgan fingerprint density at radius 1 is 0.433 bits per heavy atom. The summed E-state index contributed by atoms with van der Waals surface area (Å²) in [5.74, 6) is 0. The molecular weight excluding hydrogens is 624 g/mol. The highest BCUT2D eigenvalue weighted by Crippen LogP contribution is 2.53. The van der Waals surface area contributed by atoms with Crippen molar-refractivity contribution >= 4 is 142 Å². The molecule has 7 rings (SSSR count). The second kappa shape index (κ2) is 6.50. The highest BCUT2D eigenvalue weighted by molar-refractivity contribution is 9.11. The van der Waals surface area contributed by atoms with Gasteiger partial charge in [-0.25, -0.2) is 0 Å². The van der Waals surface area contributed by atoms with Crippen LogP contribution >= 0.6 is 81.8 Å². The molecule has 0 unspecified atom stereocenters. The van der Waals surface area contributed by atoms with E-state index in [9.17, 15) is 0 Å². The monoisotopic (exact) mass is 630 g/mol. The maximum absolute atomic E-state index is 3.67. The molecule has 0 aliphatic rings. The van der Waals surface area contributed by atoms with Crippen molar-refractivity contribution in [3.63, 3.8) is 0 Å². The van der Waals surface area contributed by atoms with Crippen molar-refractivity contribution in [2.45, 2.75) is 0 Å². The second-order valence-electron chi connectivity index (χ2n) is 7.34. The first-order valence-corrected chi connectivity index (χ1v) is 14.1. The van der Waals surface area contributed by atoms with Crippen LogP contribution in [0.25, 0.3) is 60.5 Å². The third-order valence-electron chi connectivity index (χ3n) is 5.64. The predicted octanol–water partition coefficient (Wildman–Crippen LogP) is 11.1. The van der Waals surface area contributed by atoms with E-state index in [1.54, 1.807) is 0 Å². The van der Waals surface area contributed by atoms with Crippen molar-refractivity contribution in [3.8, 4) is 0 Å². The van der Waals surface area contributed by atoms with Crippen LogP contribution in [-0.4, -0.2) is 0 Å². The first-order chi connectivity index (χ1) is 14.6. The first kappa shape index (κ1) is 18.5. The minimum Gasteiger partial charge on any atom is -0.134 e. The van der Waals surface area contributed by atoms with E-state index in [0.29, 0.717) is 0 Å². The largest absolute Gasteiger partial charge is 0.134 e. The summed E-state index contributed by atoms with van der Waals surface area (Å²) >= 11 is 16.8. The lowest BCUT2D eigenvalue weighted by Gasteiger charge is -2.01. The summed E-state index contributed by atoms with van der Waals surface area (Å²) in [7, 11) is 0. The lowest BCUT2D eigenvalue weighted by molar-refractivity contribution is 1.78. The normalized spacial score (nSPS) is 12.5. The summed E-state index contributed by atoms with van der Waals surface area (Å²) < 4.78 is 11.6. The topological polar surface area (TPSA) is 0 Å². The van der Waals surface area contributed by atoms with Crippen LogP contribution < -0.4 is 0 Å². The van der Waals surface area contributed by atoms with E-state index in [4.69, 9.17) is 0 Å². The number of rotatable bonds is 0. The Balaban J connectivity index is 1.88. The first-order valence-electron chi connectivity index (χ1n) is 9.26. The number of hydrogen-bond donors (Lipinski definition) is 0. The SMILES string of the molecule is Brc1ccc2c(c1)sc1c2c2sc3cc(Br)ccc3c2c2sc3cc(Br)ccc3c12. The van der Waals surface area contributed by atoms with E-state index in [2.05, 4.69) is 102 Å². The van der Waals surface area contributed by atoms with Gasteiger partial charge in [-0.3, -0.25) is 0 Å². The van der Waals surface area contributed by atoms with Gasteiger partial charge in [0.2, 0.25) is 0 Å². The number of halogens is 3.